The molecule has 7 heteroatoms. The van der Waals surface area contributed by atoms with Gasteiger partial charge in [0.1, 0.15) is 30.8 Å². The molecule has 0 bridgehead atoms. The van der Waals surface area contributed by atoms with Gasteiger partial charge in [-0.05, 0) is 0 Å². The van der Waals surface area contributed by atoms with Crippen molar-refractivity contribution in [2.45, 2.75) is 12.5 Å². The molecule has 0 saturated carbocycles. The molecular weight excluding hydrogens is 296 g/mol. The minimum absolute atomic E-state index is 0.0226. The van der Waals surface area contributed by atoms with Gasteiger partial charge in [-0.15, -0.1) is 0 Å². The summed E-state index contributed by atoms with van der Waals surface area (Å²) >= 11 is 6.17. The molecule has 0 radical (unpaired) electrons. The molecule has 2 aromatic rings. The van der Waals surface area contributed by atoms with E-state index in [2.05, 4.69) is 9.97 Å². The zero-order valence-electron chi connectivity index (χ0n) is 11.2. The number of ether oxygens (including phenoxy) is 4. The Kier molecular flexibility index (Phi) is 3.20. The van der Waals surface area contributed by atoms with Crippen LogP contribution in [-0.2, 0) is 4.74 Å². The summed E-state index contributed by atoms with van der Waals surface area (Å²) in [4.78, 5) is 8.25. The Morgan fingerprint density at radius 3 is 2.81 bits per heavy atom. The molecule has 3 heterocycles. The van der Waals surface area contributed by atoms with E-state index >= 15 is 0 Å². The predicted octanol–water partition coefficient (Wildman–Crippen LogP) is 2.22. The normalized spacial score (nSPS) is 20.7. The van der Waals surface area contributed by atoms with Crippen LogP contribution in [0, 0.1) is 0 Å². The second kappa shape index (κ2) is 5.20. The number of hydrogen-bond acceptors (Lipinski definition) is 6. The van der Waals surface area contributed by atoms with E-state index in [4.69, 9.17) is 30.5 Å². The van der Waals surface area contributed by atoms with Gasteiger partial charge < -0.3 is 18.9 Å². The molecule has 2 aliphatic rings. The highest BCUT2D eigenvalue weighted by molar-refractivity contribution is 6.34. The lowest BCUT2D eigenvalue weighted by molar-refractivity contribution is 0.128. The number of fused-ring (bicyclic) bond motifs is 3. The largest absolute Gasteiger partial charge is 0.485 e. The maximum absolute atomic E-state index is 6.17. The Morgan fingerprint density at radius 1 is 1.14 bits per heavy atom. The molecule has 4 rings (SSSR count). The van der Waals surface area contributed by atoms with Gasteiger partial charge in [0.05, 0.1) is 24.1 Å². The molecular formula is C14H13ClN2O4. The number of nitrogens with zero attached hydrogens (tertiary/aromatic N) is 2. The van der Waals surface area contributed by atoms with Crippen molar-refractivity contribution in [1.82, 2.24) is 9.97 Å². The third-order valence-corrected chi connectivity index (χ3v) is 3.80. The van der Waals surface area contributed by atoms with Crippen LogP contribution >= 0.6 is 11.6 Å². The van der Waals surface area contributed by atoms with Crippen LogP contribution in [0.15, 0.2) is 12.4 Å². The van der Waals surface area contributed by atoms with Crippen molar-refractivity contribution < 1.29 is 18.9 Å². The van der Waals surface area contributed by atoms with Crippen LogP contribution < -0.4 is 14.2 Å². The fourth-order valence-electron chi connectivity index (χ4n) is 2.55. The predicted molar refractivity (Wildman–Crippen MR) is 75.4 cm³/mol. The Hall–Kier alpha value is -1.79. The molecule has 1 unspecified atom stereocenters. The fourth-order valence-corrected chi connectivity index (χ4v) is 2.77. The smallest absolute Gasteiger partial charge is 0.204 e. The molecule has 6 nitrogen and oxygen atoms in total. The van der Waals surface area contributed by atoms with Crippen molar-refractivity contribution in [3.8, 4) is 17.2 Å². The first-order valence-corrected chi connectivity index (χ1v) is 7.18. The van der Waals surface area contributed by atoms with Crippen LogP contribution in [0.2, 0.25) is 5.15 Å². The standard InChI is InChI=1S/C14H13ClN2O4/c15-14-11-9(16-7-17-14)5-10(21-8-1-2-18-6-8)12-13(11)20-4-3-19-12/h5,7-8H,1-4,6H2. The van der Waals surface area contributed by atoms with Crippen LogP contribution in [0.3, 0.4) is 0 Å². The first-order valence-electron chi connectivity index (χ1n) is 6.80. The van der Waals surface area contributed by atoms with E-state index in [1.807, 2.05) is 6.07 Å². The van der Waals surface area contributed by atoms with Crippen molar-refractivity contribution in [2.24, 2.45) is 0 Å². The molecule has 110 valence electrons. The van der Waals surface area contributed by atoms with E-state index in [1.54, 1.807) is 0 Å². The summed E-state index contributed by atoms with van der Waals surface area (Å²) in [5, 5.41) is 1.00. The van der Waals surface area contributed by atoms with Crippen molar-refractivity contribution >= 4 is 22.5 Å². The lowest BCUT2D eigenvalue weighted by atomic mass is 10.2. The molecule has 1 fully saturated rings. The van der Waals surface area contributed by atoms with E-state index in [0.717, 1.165) is 6.42 Å². The molecule has 1 atom stereocenters. The van der Waals surface area contributed by atoms with Gasteiger partial charge in [0, 0.05) is 12.5 Å². The maximum Gasteiger partial charge on any atom is 0.204 e. The van der Waals surface area contributed by atoms with Gasteiger partial charge in [0.15, 0.2) is 11.5 Å². The maximum atomic E-state index is 6.17. The van der Waals surface area contributed by atoms with E-state index < -0.39 is 0 Å². The lowest BCUT2D eigenvalue weighted by Gasteiger charge is -2.24. The second-order valence-corrected chi connectivity index (χ2v) is 5.25. The van der Waals surface area contributed by atoms with Crippen LogP contribution in [0.1, 0.15) is 6.42 Å². The number of hydrogen-bond donors (Lipinski definition) is 0. The molecule has 1 saturated heterocycles. The van der Waals surface area contributed by atoms with Gasteiger partial charge in [-0.2, -0.15) is 0 Å². The fraction of sp³-hybridized carbons (Fsp3) is 0.429. The summed E-state index contributed by atoms with van der Waals surface area (Å²) in [6, 6.07) is 1.81. The summed E-state index contributed by atoms with van der Waals surface area (Å²) in [5.41, 5.74) is 0.674. The van der Waals surface area contributed by atoms with E-state index in [-0.39, 0.29) is 6.10 Å². The Balaban J connectivity index is 1.86. The van der Waals surface area contributed by atoms with Crippen LogP contribution in [0.25, 0.3) is 10.9 Å². The average Bonchev–Trinajstić information content (AvgIpc) is 3.00. The van der Waals surface area contributed by atoms with Gasteiger partial charge in [-0.25, -0.2) is 9.97 Å². The quantitative estimate of drug-likeness (QED) is 0.793. The minimum atomic E-state index is 0.0226. The number of benzene rings is 1. The van der Waals surface area contributed by atoms with Crippen LogP contribution in [0.5, 0.6) is 17.2 Å². The Bertz CT molecular complexity index is 688. The molecule has 0 spiro atoms. The molecule has 0 amide bonds. The van der Waals surface area contributed by atoms with E-state index in [0.29, 0.717) is 59.7 Å². The molecule has 0 aliphatic carbocycles. The molecule has 2 aliphatic heterocycles. The van der Waals surface area contributed by atoms with Crippen molar-refractivity contribution in [2.75, 3.05) is 26.4 Å². The molecule has 1 aromatic heterocycles. The van der Waals surface area contributed by atoms with E-state index in [9.17, 15) is 0 Å². The zero-order valence-corrected chi connectivity index (χ0v) is 11.9. The van der Waals surface area contributed by atoms with Crippen molar-refractivity contribution in [3.05, 3.63) is 17.5 Å². The van der Waals surface area contributed by atoms with Crippen LogP contribution in [-0.4, -0.2) is 42.5 Å². The van der Waals surface area contributed by atoms with Crippen LogP contribution in [0.4, 0.5) is 0 Å². The highest BCUT2D eigenvalue weighted by atomic mass is 35.5. The van der Waals surface area contributed by atoms with Gasteiger partial charge in [-0.1, -0.05) is 11.6 Å². The topological polar surface area (TPSA) is 62.7 Å². The molecule has 21 heavy (non-hydrogen) atoms. The highest BCUT2D eigenvalue weighted by Crippen LogP contribution is 2.46. The summed E-state index contributed by atoms with van der Waals surface area (Å²) in [5.74, 6) is 1.73. The van der Waals surface area contributed by atoms with Gasteiger partial charge in [0.25, 0.3) is 0 Å². The third-order valence-electron chi connectivity index (χ3n) is 3.51. The first kappa shape index (κ1) is 12.9. The summed E-state index contributed by atoms with van der Waals surface area (Å²) < 4.78 is 22.8. The third kappa shape index (κ3) is 2.24. The van der Waals surface area contributed by atoms with Gasteiger partial charge >= 0.3 is 0 Å². The van der Waals surface area contributed by atoms with Gasteiger partial charge in [0.2, 0.25) is 5.75 Å². The Morgan fingerprint density at radius 2 is 2.00 bits per heavy atom. The van der Waals surface area contributed by atoms with Crippen molar-refractivity contribution in [1.29, 1.82) is 0 Å². The number of aromatic nitrogens is 2. The Labute approximate surface area is 125 Å². The molecule has 0 N–H and O–H groups in total. The first-order chi connectivity index (χ1) is 10.3. The van der Waals surface area contributed by atoms with Crippen molar-refractivity contribution in [3.63, 3.8) is 0 Å². The SMILES string of the molecule is Clc1ncnc2cc(OC3CCOC3)c3c(c12)OCCO3. The summed E-state index contributed by atoms with van der Waals surface area (Å²) in [6.45, 7) is 2.23. The van der Waals surface area contributed by atoms with Gasteiger partial charge in [-0.3, -0.25) is 0 Å². The second-order valence-electron chi connectivity index (χ2n) is 4.89. The molecule has 1 aromatic carbocycles. The average molecular weight is 309 g/mol. The lowest BCUT2D eigenvalue weighted by Crippen LogP contribution is -2.20. The summed E-state index contributed by atoms with van der Waals surface area (Å²) in [6.07, 6.45) is 2.30. The monoisotopic (exact) mass is 308 g/mol. The number of halogens is 1. The van der Waals surface area contributed by atoms with E-state index in [1.165, 1.54) is 6.33 Å². The number of rotatable bonds is 2. The highest BCUT2D eigenvalue weighted by Gasteiger charge is 2.26. The minimum Gasteiger partial charge on any atom is -0.485 e. The zero-order chi connectivity index (χ0) is 14.2. The summed E-state index contributed by atoms with van der Waals surface area (Å²) in [7, 11) is 0.